The van der Waals surface area contributed by atoms with Crippen molar-refractivity contribution in [1.82, 2.24) is 9.80 Å². The third kappa shape index (κ3) is 2.69. The van der Waals surface area contributed by atoms with Gasteiger partial charge in [0, 0.05) is 18.3 Å². The van der Waals surface area contributed by atoms with Crippen LogP contribution in [0.15, 0.2) is 0 Å². The van der Waals surface area contributed by atoms with E-state index in [4.69, 9.17) is 0 Å². The molecule has 0 aliphatic carbocycles. The number of hydrogen-bond donors (Lipinski definition) is 0. The standard InChI is InChI=1S/C15H26N2O2S/c1-5-20-9-11(4)17-13(10(2)3)15(19)16-8-6-7-12(16)14(17)18/h10-13H,5-9H2,1-4H3. The average Bonchev–Trinajstić information content (AvgIpc) is 2.89. The van der Waals surface area contributed by atoms with E-state index in [9.17, 15) is 9.59 Å². The molecule has 2 rings (SSSR count). The van der Waals surface area contributed by atoms with Crippen LogP contribution in [0, 0.1) is 5.92 Å². The summed E-state index contributed by atoms with van der Waals surface area (Å²) in [5.41, 5.74) is 0. The van der Waals surface area contributed by atoms with E-state index >= 15 is 0 Å². The lowest BCUT2D eigenvalue weighted by Gasteiger charge is -2.46. The highest BCUT2D eigenvalue weighted by molar-refractivity contribution is 7.99. The summed E-state index contributed by atoms with van der Waals surface area (Å²) in [6, 6.07) is -0.331. The summed E-state index contributed by atoms with van der Waals surface area (Å²) in [5.74, 6) is 2.45. The second kappa shape index (κ2) is 6.37. The van der Waals surface area contributed by atoms with E-state index in [0.717, 1.165) is 30.9 Å². The number of carbonyl (C=O) groups is 2. The first kappa shape index (κ1) is 15.7. The summed E-state index contributed by atoms with van der Waals surface area (Å²) in [6.45, 7) is 9.04. The summed E-state index contributed by atoms with van der Waals surface area (Å²) in [6.07, 6.45) is 1.79. The Hall–Kier alpha value is -0.710. The van der Waals surface area contributed by atoms with E-state index in [1.807, 2.05) is 35.4 Å². The van der Waals surface area contributed by atoms with Crippen molar-refractivity contribution in [2.24, 2.45) is 5.92 Å². The maximum Gasteiger partial charge on any atom is 0.246 e. The number of amides is 2. The molecule has 2 aliphatic heterocycles. The summed E-state index contributed by atoms with van der Waals surface area (Å²) in [4.78, 5) is 29.2. The Balaban J connectivity index is 2.25. The normalized spacial score (nSPS) is 28.2. The van der Waals surface area contributed by atoms with E-state index < -0.39 is 0 Å². The molecule has 0 bridgehead atoms. The first-order valence-electron chi connectivity index (χ1n) is 7.69. The van der Waals surface area contributed by atoms with Crippen LogP contribution in [0.5, 0.6) is 0 Å². The van der Waals surface area contributed by atoms with Crippen molar-refractivity contribution >= 4 is 23.6 Å². The third-order valence-electron chi connectivity index (χ3n) is 4.30. The van der Waals surface area contributed by atoms with Crippen molar-refractivity contribution in [3.8, 4) is 0 Å². The lowest BCUT2D eigenvalue weighted by molar-refractivity contribution is -0.163. The molecule has 0 radical (unpaired) electrons. The molecule has 114 valence electrons. The van der Waals surface area contributed by atoms with Gasteiger partial charge in [-0.1, -0.05) is 20.8 Å². The third-order valence-corrected chi connectivity index (χ3v) is 5.42. The molecule has 3 unspecified atom stereocenters. The molecule has 0 N–H and O–H groups in total. The molecule has 0 saturated carbocycles. The van der Waals surface area contributed by atoms with Gasteiger partial charge in [0.25, 0.3) is 0 Å². The van der Waals surface area contributed by atoms with Crippen molar-refractivity contribution in [1.29, 1.82) is 0 Å². The first-order chi connectivity index (χ1) is 9.49. The summed E-state index contributed by atoms with van der Waals surface area (Å²) >= 11 is 1.83. The average molecular weight is 298 g/mol. The Morgan fingerprint density at radius 3 is 2.55 bits per heavy atom. The molecule has 0 spiro atoms. The highest BCUT2D eigenvalue weighted by Gasteiger charge is 2.49. The summed E-state index contributed by atoms with van der Waals surface area (Å²) < 4.78 is 0. The van der Waals surface area contributed by atoms with Gasteiger partial charge in [0.05, 0.1) is 0 Å². The van der Waals surface area contributed by atoms with Gasteiger partial charge in [-0.3, -0.25) is 9.59 Å². The van der Waals surface area contributed by atoms with Gasteiger partial charge in [0.1, 0.15) is 12.1 Å². The smallest absolute Gasteiger partial charge is 0.246 e. The SMILES string of the molecule is CCSCC(C)N1C(=O)C2CCCN2C(=O)C1C(C)C. The largest absolute Gasteiger partial charge is 0.329 e. The second-order valence-electron chi connectivity index (χ2n) is 6.13. The molecule has 2 saturated heterocycles. The van der Waals surface area contributed by atoms with Crippen LogP contribution in [0.3, 0.4) is 0 Å². The number of nitrogens with zero attached hydrogens (tertiary/aromatic N) is 2. The summed E-state index contributed by atoms with van der Waals surface area (Å²) in [5, 5.41) is 0. The molecule has 20 heavy (non-hydrogen) atoms. The fourth-order valence-electron chi connectivity index (χ4n) is 3.35. The molecule has 0 aromatic rings. The maximum absolute atomic E-state index is 12.8. The minimum Gasteiger partial charge on any atom is -0.329 e. The molecule has 3 atom stereocenters. The van der Waals surface area contributed by atoms with Gasteiger partial charge in [-0.15, -0.1) is 0 Å². The van der Waals surface area contributed by atoms with Crippen LogP contribution < -0.4 is 0 Å². The highest BCUT2D eigenvalue weighted by Crippen LogP contribution is 2.31. The molecular weight excluding hydrogens is 272 g/mol. The summed E-state index contributed by atoms with van der Waals surface area (Å²) in [7, 11) is 0. The first-order valence-corrected chi connectivity index (χ1v) is 8.84. The molecule has 2 heterocycles. The van der Waals surface area contributed by atoms with Crippen LogP contribution in [0.2, 0.25) is 0 Å². The van der Waals surface area contributed by atoms with Crippen LogP contribution in [-0.4, -0.2) is 57.8 Å². The van der Waals surface area contributed by atoms with Gasteiger partial charge in [-0.2, -0.15) is 11.8 Å². The van der Waals surface area contributed by atoms with E-state index in [-0.39, 0.29) is 35.9 Å². The minimum absolute atomic E-state index is 0.131. The van der Waals surface area contributed by atoms with Gasteiger partial charge in [-0.05, 0) is 31.4 Å². The van der Waals surface area contributed by atoms with Crippen LogP contribution in [-0.2, 0) is 9.59 Å². The monoisotopic (exact) mass is 298 g/mol. The topological polar surface area (TPSA) is 40.6 Å². The zero-order chi connectivity index (χ0) is 14.9. The minimum atomic E-state index is -0.274. The van der Waals surface area contributed by atoms with Crippen molar-refractivity contribution in [3.63, 3.8) is 0 Å². The quantitative estimate of drug-likeness (QED) is 0.779. The van der Waals surface area contributed by atoms with Crippen molar-refractivity contribution < 1.29 is 9.59 Å². The predicted molar refractivity (Wildman–Crippen MR) is 82.7 cm³/mol. The molecule has 5 heteroatoms. The number of hydrogen-bond acceptors (Lipinski definition) is 3. The zero-order valence-corrected chi connectivity index (χ0v) is 13.8. The molecular formula is C15H26N2O2S. The molecule has 2 amide bonds. The molecule has 4 nitrogen and oxygen atoms in total. The maximum atomic E-state index is 12.8. The lowest BCUT2D eigenvalue weighted by Crippen LogP contribution is -2.66. The van der Waals surface area contributed by atoms with Crippen LogP contribution >= 0.6 is 11.8 Å². The number of thioether (sulfide) groups is 1. The molecule has 0 aromatic heterocycles. The predicted octanol–water partition coefficient (Wildman–Crippen LogP) is 1.99. The molecule has 0 aromatic carbocycles. The Kier molecular flexibility index (Phi) is 4.99. The van der Waals surface area contributed by atoms with Crippen LogP contribution in [0.25, 0.3) is 0 Å². The van der Waals surface area contributed by atoms with Crippen molar-refractivity contribution in [2.75, 3.05) is 18.1 Å². The van der Waals surface area contributed by atoms with Crippen molar-refractivity contribution in [2.45, 2.75) is 58.7 Å². The second-order valence-corrected chi connectivity index (χ2v) is 7.45. The number of carbonyl (C=O) groups excluding carboxylic acids is 2. The molecule has 2 aliphatic rings. The highest BCUT2D eigenvalue weighted by atomic mass is 32.2. The van der Waals surface area contributed by atoms with Crippen LogP contribution in [0.1, 0.15) is 40.5 Å². The fraction of sp³-hybridized carbons (Fsp3) is 0.867. The van der Waals surface area contributed by atoms with Gasteiger partial charge in [-0.25, -0.2) is 0 Å². The Labute approximate surface area is 126 Å². The Bertz CT molecular complexity index is 386. The Morgan fingerprint density at radius 1 is 1.25 bits per heavy atom. The van der Waals surface area contributed by atoms with Gasteiger partial charge in [0.2, 0.25) is 11.8 Å². The molecule has 2 fully saturated rings. The van der Waals surface area contributed by atoms with Gasteiger partial charge in [0.15, 0.2) is 0 Å². The van der Waals surface area contributed by atoms with E-state index in [0.29, 0.717) is 0 Å². The van der Waals surface area contributed by atoms with Gasteiger partial charge >= 0.3 is 0 Å². The number of piperazine rings is 1. The van der Waals surface area contributed by atoms with E-state index in [2.05, 4.69) is 13.8 Å². The van der Waals surface area contributed by atoms with Crippen molar-refractivity contribution in [3.05, 3.63) is 0 Å². The number of fused-ring (bicyclic) bond motifs is 1. The van der Waals surface area contributed by atoms with E-state index in [1.165, 1.54) is 0 Å². The van der Waals surface area contributed by atoms with Crippen LogP contribution in [0.4, 0.5) is 0 Å². The fourth-order valence-corrected chi connectivity index (χ4v) is 4.09. The Morgan fingerprint density at radius 2 is 1.95 bits per heavy atom. The number of rotatable bonds is 5. The van der Waals surface area contributed by atoms with Gasteiger partial charge < -0.3 is 9.80 Å². The van der Waals surface area contributed by atoms with E-state index in [1.54, 1.807) is 0 Å². The lowest BCUT2D eigenvalue weighted by atomic mass is 9.94. The zero-order valence-electron chi connectivity index (χ0n) is 13.0.